The highest BCUT2D eigenvalue weighted by Crippen LogP contribution is 2.52. The van der Waals surface area contributed by atoms with Gasteiger partial charge in [-0.3, -0.25) is 19.8 Å². The Morgan fingerprint density at radius 3 is 2.69 bits per heavy atom. The number of benzene rings is 1. The number of rotatable bonds is 9. The molecular formula is C27H36N4O7S. The van der Waals surface area contributed by atoms with Crippen LogP contribution in [0.1, 0.15) is 38.7 Å². The summed E-state index contributed by atoms with van der Waals surface area (Å²) in [6.07, 6.45) is 2.27. The smallest absolute Gasteiger partial charge is 0.356 e. The number of likely N-dealkylation sites (tertiary alicyclic amines) is 1. The number of β-lactam (4-membered cyclic amide) rings is 1. The molecule has 4 aliphatic heterocycles. The molecule has 3 N–H and O–H groups in total. The topological polar surface area (TPSA) is 145 Å². The van der Waals surface area contributed by atoms with Gasteiger partial charge in [-0.05, 0) is 62.9 Å². The second-order valence-corrected chi connectivity index (χ2v) is 12.4. The van der Waals surface area contributed by atoms with Gasteiger partial charge in [0.2, 0.25) is 5.91 Å². The van der Waals surface area contributed by atoms with Gasteiger partial charge < -0.3 is 25.2 Å². The number of thioether (sulfide) groups is 1. The molecule has 3 saturated heterocycles. The lowest BCUT2D eigenvalue weighted by Crippen LogP contribution is -2.63. The van der Waals surface area contributed by atoms with Gasteiger partial charge in [0.05, 0.1) is 29.7 Å². The molecule has 0 spiro atoms. The molecule has 0 radical (unpaired) electrons. The Kier molecular flexibility index (Phi) is 8.29. The molecule has 1 aromatic rings. The molecule has 4 heterocycles. The highest BCUT2D eigenvalue weighted by molar-refractivity contribution is 8.03. The van der Waals surface area contributed by atoms with E-state index in [0.29, 0.717) is 18.0 Å². The van der Waals surface area contributed by atoms with E-state index in [-0.39, 0.29) is 53.9 Å². The molecule has 0 bridgehead atoms. The SMILES string of the molecule is CC(O)C1C(=O)N2C(C(=O)OCc3ccc([N+](=O)[O-])cc3)=C(SC3CC(C4CCCNC4)N(CO)C3)C(C)[C@H]12. The second kappa shape index (κ2) is 11.5. The summed E-state index contributed by atoms with van der Waals surface area (Å²) in [5.41, 5.74) is 0.783. The van der Waals surface area contributed by atoms with Crippen molar-refractivity contribution in [3.8, 4) is 0 Å². The van der Waals surface area contributed by atoms with Crippen molar-refractivity contribution < 1.29 is 29.5 Å². The molecule has 4 aliphatic rings. The Balaban J connectivity index is 1.35. The number of fused-ring (bicyclic) bond motifs is 1. The van der Waals surface area contributed by atoms with Crippen molar-refractivity contribution in [2.24, 2.45) is 17.8 Å². The van der Waals surface area contributed by atoms with Crippen LogP contribution in [-0.4, -0.2) is 86.6 Å². The molecule has 6 unspecified atom stereocenters. The Bertz CT molecular complexity index is 1140. The molecule has 5 rings (SSSR count). The maximum atomic E-state index is 13.5. The third-order valence-corrected chi connectivity index (χ3v) is 10.1. The molecule has 39 heavy (non-hydrogen) atoms. The third kappa shape index (κ3) is 5.32. The molecule has 0 aromatic heterocycles. The number of non-ortho nitro benzene ring substituents is 1. The number of hydrogen-bond donors (Lipinski definition) is 3. The van der Waals surface area contributed by atoms with Gasteiger partial charge in [0, 0.05) is 40.8 Å². The predicted octanol–water partition coefficient (Wildman–Crippen LogP) is 1.83. The van der Waals surface area contributed by atoms with E-state index in [0.717, 1.165) is 37.3 Å². The van der Waals surface area contributed by atoms with Crippen LogP contribution in [0.3, 0.4) is 0 Å². The van der Waals surface area contributed by atoms with E-state index in [1.165, 1.54) is 29.2 Å². The molecule has 12 heteroatoms. The Labute approximate surface area is 231 Å². The molecular weight excluding hydrogens is 524 g/mol. The first kappa shape index (κ1) is 28.0. The summed E-state index contributed by atoms with van der Waals surface area (Å²) < 4.78 is 5.62. The van der Waals surface area contributed by atoms with Crippen molar-refractivity contribution in [3.05, 3.63) is 50.5 Å². The number of hydrogen-bond acceptors (Lipinski definition) is 10. The quantitative estimate of drug-likeness (QED) is 0.177. The number of piperidine rings is 1. The number of carbonyl (C=O) groups is 2. The van der Waals surface area contributed by atoms with Crippen LogP contribution in [-0.2, 0) is 20.9 Å². The molecule has 1 aromatic carbocycles. The minimum atomic E-state index is -0.831. The second-order valence-electron chi connectivity index (χ2n) is 11.0. The van der Waals surface area contributed by atoms with Crippen LogP contribution in [0.15, 0.2) is 34.9 Å². The van der Waals surface area contributed by atoms with Crippen LogP contribution in [0.2, 0.25) is 0 Å². The fourth-order valence-electron chi connectivity index (χ4n) is 6.62. The molecule has 7 atom stereocenters. The molecule has 1 amide bonds. The minimum absolute atomic E-state index is 0.0195. The van der Waals surface area contributed by atoms with Gasteiger partial charge in [0.1, 0.15) is 12.3 Å². The standard InChI is InChI=1S/C27H36N4O7S/c1-15-23-22(16(2)33)26(34)30(23)24(27(35)38-13-17-5-7-19(8-6-17)31(36)37)25(15)39-20-10-21(29(12-20)14-32)18-4-3-9-28-11-18/h5-8,15-16,18,20-23,28,32-33H,3-4,9-14H2,1-2H3/t15?,16?,18?,20?,21?,22?,23-/m1/s1. The zero-order valence-corrected chi connectivity index (χ0v) is 23.0. The van der Waals surface area contributed by atoms with Crippen molar-refractivity contribution in [3.63, 3.8) is 0 Å². The van der Waals surface area contributed by atoms with E-state index in [9.17, 15) is 29.9 Å². The normalized spacial score (nSPS) is 31.7. The van der Waals surface area contributed by atoms with Gasteiger partial charge in [-0.15, -0.1) is 11.8 Å². The number of nitrogens with zero attached hydrogens (tertiary/aromatic N) is 3. The molecule has 0 saturated carbocycles. The zero-order chi connectivity index (χ0) is 27.8. The average Bonchev–Trinajstić information content (AvgIpc) is 3.44. The highest BCUT2D eigenvalue weighted by Gasteiger charge is 2.60. The van der Waals surface area contributed by atoms with Crippen LogP contribution < -0.4 is 5.32 Å². The Morgan fingerprint density at radius 2 is 2.08 bits per heavy atom. The first-order chi connectivity index (χ1) is 18.7. The zero-order valence-electron chi connectivity index (χ0n) is 22.2. The van der Waals surface area contributed by atoms with Crippen LogP contribution >= 0.6 is 11.8 Å². The van der Waals surface area contributed by atoms with Crippen LogP contribution in [0.5, 0.6) is 0 Å². The number of ether oxygens (including phenoxy) is 1. The van der Waals surface area contributed by atoms with Gasteiger partial charge in [0.25, 0.3) is 5.69 Å². The maximum absolute atomic E-state index is 13.5. The Hall–Kier alpha value is -2.51. The van der Waals surface area contributed by atoms with Gasteiger partial charge >= 0.3 is 5.97 Å². The van der Waals surface area contributed by atoms with E-state index < -0.39 is 22.9 Å². The lowest BCUT2D eigenvalue weighted by atomic mass is 9.79. The molecule has 11 nitrogen and oxygen atoms in total. The summed E-state index contributed by atoms with van der Waals surface area (Å²) in [6.45, 7) is 6.11. The van der Waals surface area contributed by atoms with Crippen LogP contribution in [0, 0.1) is 27.9 Å². The Morgan fingerprint density at radius 1 is 1.33 bits per heavy atom. The maximum Gasteiger partial charge on any atom is 0.356 e. The van der Waals surface area contributed by atoms with Gasteiger partial charge in [0.15, 0.2) is 0 Å². The van der Waals surface area contributed by atoms with E-state index in [1.807, 2.05) is 6.92 Å². The lowest BCUT2D eigenvalue weighted by Gasteiger charge is -2.46. The number of esters is 1. The summed E-state index contributed by atoms with van der Waals surface area (Å²) >= 11 is 1.59. The van der Waals surface area contributed by atoms with Crippen molar-refractivity contribution in [2.75, 3.05) is 26.4 Å². The fourth-order valence-corrected chi connectivity index (χ4v) is 8.18. The van der Waals surface area contributed by atoms with E-state index in [1.54, 1.807) is 18.7 Å². The van der Waals surface area contributed by atoms with Crippen molar-refractivity contribution >= 4 is 29.3 Å². The highest BCUT2D eigenvalue weighted by atomic mass is 32.2. The largest absolute Gasteiger partial charge is 0.456 e. The summed E-state index contributed by atoms with van der Waals surface area (Å²) in [5.74, 6) is -1.16. The monoisotopic (exact) mass is 560 g/mol. The summed E-state index contributed by atoms with van der Waals surface area (Å²) in [6, 6.07) is 5.73. The van der Waals surface area contributed by atoms with Crippen LogP contribution in [0.4, 0.5) is 5.69 Å². The summed E-state index contributed by atoms with van der Waals surface area (Å²) in [7, 11) is 0. The number of carbonyl (C=O) groups excluding carboxylic acids is 2. The molecule has 0 aliphatic carbocycles. The number of nitro benzene ring substituents is 1. The summed E-state index contributed by atoms with van der Waals surface area (Å²) in [5, 5.41) is 34.9. The summed E-state index contributed by atoms with van der Waals surface area (Å²) in [4.78, 5) is 41.3. The van der Waals surface area contributed by atoms with E-state index >= 15 is 0 Å². The first-order valence-electron chi connectivity index (χ1n) is 13.6. The predicted molar refractivity (Wildman–Crippen MR) is 144 cm³/mol. The van der Waals surface area contributed by atoms with Crippen LogP contribution in [0.25, 0.3) is 0 Å². The lowest BCUT2D eigenvalue weighted by molar-refractivity contribution is -0.384. The van der Waals surface area contributed by atoms with Crippen molar-refractivity contribution in [1.29, 1.82) is 0 Å². The van der Waals surface area contributed by atoms with Gasteiger partial charge in [-0.25, -0.2) is 4.79 Å². The number of aliphatic hydroxyl groups is 2. The fraction of sp³-hybridized carbons (Fsp3) is 0.630. The first-order valence-corrected chi connectivity index (χ1v) is 14.5. The number of aliphatic hydroxyl groups excluding tert-OH is 2. The van der Waals surface area contributed by atoms with Crippen molar-refractivity contribution in [1.82, 2.24) is 15.1 Å². The number of amides is 1. The van der Waals surface area contributed by atoms with E-state index in [2.05, 4.69) is 10.2 Å². The average molecular weight is 561 g/mol. The van der Waals surface area contributed by atoms with Crippen molar-refractivity contribution in [2.45, 2.75) is 63.2 Å². The van der Waals surface area contributed by atoms with E-state index in [4.69, 9.17) is 4.74 Å². The molecule has 3 fully saturated rings. The third-order valence-electron chi connectivity index (χ3n) is 8.58. The number of nitro groups is 1. The van der Waals surface area contributed by atoms with Gasteiger partial charge in [-0.2, -0.15) is 0 Å². The minimum Gasteiger partial charge on any atom is -0.456 e. The number of nitrogens with one attached hydrogen (secondary N) is 1. The van der Waals surface area contributed by atoms with Gasteiger partial charge in [-0.1, -0.05) is 6.92 Å². The molecule has 212 valence electrons.